The van der Waals surface area contributed by atoms with E-state index in [9.17, 15) is 41.5 Å². The van der Waals surface area contributed by atoms with E-state index in [-0.39, 0.29) is 24.5 Å². The molecule has 1 aromatic carbocycles. The lowest BCUT2D eigenvalue weighted by atomic mass is 9.88. The summed E-state index contributed by atoms with van der Waals surface area (Å²) in [5.41, 5.74) is -3.16. The van der Waals surface area contributed by atoms with Gasteiger partial charge in [-0.25, -0.2) is 4.79 Å². The highest BCUT2D eigenvalue weighted by atomic mass is 19.4. The predicted molar refractivity (Wildman–Crippen MR) is 98.6 cm³/mol. The molecule has 2 atom stereocenters. The first-order chi connectivity index (χ1) is 14.3. The molecule has 0 aromatic heterocycles. The van der Waals surface area contributed by atoms with Crippen molar-refractivity contribution in [3.05, 3.63) is 34.9 Å². The molecule has 5 nitrogen and oxygen atoms in total. The molecule has 2 rings (SSSR count). The van der Waals surface area contributed by atoms with Gasteiger partial charge in [0.25, 0.3) is 0 Å². The normalized spacial score (nSPS) is 22.2. The maximum absolute atomic E-state index is 13.1. The average molecular weight is 451 g/mol. The molecule has 0 radical (unpaired) electrons. The maximum Gasteiger partial charge on any atom is 0.416 e. The van der Waals surface area contributed by atoms with Gasteiger partial charge in [-0.2, -0.15) is 31.6 Å². The zero-order valence-electron chi connectivity index (χ0n) is 17.0. The number of amides is 1. The van der Waals surface area contributed by atoms with Crippen LogP contribution in [0.3, 0.4) is 0 Å². The van der Waals surface area contributed by atoms with Gasteiger partial charge in [0.15, 0.2) is 6.19 Å². The van der Waals surface area contributed by atoms with Crippen LogP contribution in [-0.2, 0) is 18.9 Å². The number of nitriles is 1. The Bertz CT molecular complexity index is 787. The molecule has 1 amide bonds. The molecule has 1 aliphatic heterocycles. The lowest BCUT2D eigenvalue weighted by molar-refractivity contribution is -0.143. The van der Waals surface area contributed by atoms with Gasteiger partial charge in [0.05, 0.1) is 17.7 Å². The number of likely N-dealkylation sites (tertiary alicyclic amines) is 1. The fourth-order valence-corrected chi connectivity index (χ4v) is 4.10. The molecule has 11 heteroatoms. The maximum atomic E-state index is 13.1. The first-order valence-electron chi connectivity index (χ1n) is 9.77. The number of piperidine rings is 1. The van der Waals surface area contributed by atoms with Crippen molar-refractivity contribution in [3.63, 3.8) is 0 Å². The molecule has 0 bridgehead atoms. The Labute approximate surface area is 175 Å². The molecule has 1 fully saturated rings. The van der Waals surface area contributed by atoms with Crippen LogP contribution < -0.4 is 0 Å². The van der Waals surface area contributed by atoms with E-state index < -0.39 is 54.2 Å². The molecule has 1 N–H and O–H groups in total. The molecule has 0 spiro atoms. The second-order valence-corrected chi connectivity index (χ2v) is 7.58. The Balaban J connectivity index is 2.36. The average Bonchev–Trinajstić information content (AvgIpc) is 2.69. The first kappa shape index (κ1) is 24.6. The highest BCUT2D eigenvalue weighted by molar-refractivity contribution is 5.66. The molecule has 31 heavy (non-hydrogen) atoms. The topological polar surface area (TPSA) is 67.6 Å². The van der Waals surface area contributed by atoms with Crippen LogP contribution in [-0.4, -0.2) is 39.1 Å². The smallest absolute Gasteiger partial charge is 0.416 e. The number of halogens is 6. The minimum Gasteiger partial charge on any atom is -0.465 e. The van der Waals surface area contributed by atoms with Gasteiger partial charge in [0.2, 0.25) is 0 Å². The standard InChI is InChI=1S/C20H23F6N3O2/c1-3-15-8-17(9-16(4-2)29(15)18(30)31)28(11-27)10-12-5-13(19(21,22)23)7-14(6-12)20(24,25)26/h5-7,15-17H,3-4,8-10H2,1-2H3,(H,30,31). The minimum atomic E-state index is -4.97. The fraction of sp³-hybridized carbons (Fsp3) is 0.600. The van der Waals surface area contributed by atoms with E-state index in [0.29, 0.717) is 25.0 Å². The van der Waals surface area contributed by atoms with Crippen molar-refractivity contribution in [2.24, 2.45) is 0 Å². The van der Waals surface area contributed by atoms with Crippen LogP contribution in [0.5, 0.6) is 0 Å². The lowest BCUT2D eigenvalue weighted by Gasteiger charge is -2.45. The van der Waals surface area contributed by atoms with E-state index >= 15 is 0 Å². The van der Waals surface area contributed by atoms with Crippen molar-refractivity contribution in [3.8, 4) is 6.19 Å². The van der Waals surface area contributed by atoms with Gasteiger partial charge in [0.1, 0.15) is 0 Å². The van der Waals surface area contributed by atoms with Gasteiger partial charge in [-0.3, -0.25) is 0 Å². The summed E-state index contributed by atoms with van der Waals surface area (Å²) in [4.78, 5) is 14.1. The van der Waals surface area contributed by atoms with Gasteiger partial charge >= 0.3 is 18.4 Å². The summed E-state index contributed by atoms with van der Waals surface area (Å²) >= 11 is 0. The van der Waals surface area contributed by atoms with Crippen LogP contribution in [0.2, 0.25) is 0 Å². The van der Waals surface area contributed by atoms with Crippen molar-refractivity contribution >= 4 is 6.09 Å². The Morgan fingerprint density at radius 1 is 1.06 bits per heavy atom. The van der Waals surface area contributed by atoms with Gasteiger partial charge in [-0.1, -0.05) is 13.8 Å². The zero-order chi connectivity index (χ0) is 23.6. The molecule has 2 unspecified atom stereocenters. The quantitative estimate of drug-likeness (QED) is 0.354. The molecule has 1 aliphatic rings. The Kier molecular flexibility index (Phi) is 7.34. The summed E-state index contributed by atoms with van der Waals surface area (Å²) in [6.07, 6.45) is -7.69. The third kappa shape index (κ3) is 5.74. The summed E-state index contributed by atoms with van der Waals surface area (Å²) in [5, 5.41) is 19.1. The van der Waals surface area contributed by atoms with E-state index in [1.54, 1.807) is 13.8 Å². The van der Waals surface area contributed by atoms with Crippen molar-refractivity contribution in [2.75, 3.05) is 0 Å². The molecule has 0 saturated carbocycles. The predicted octanol–water partition coefficient (Wildman–Crippen LogP) is 5.71. The van der Waals surface area contributed by atoms with Crippen LogP contribution >= 0.6 is 0 Å². The third-order valence-corrected chi connectivity index (χ3v) is 5.61. The number of hydrogen-bond donors (Lipinski definition) is 1. The van der Waals surface area contributed by atoms with Crippen molar-refractivity contribution < 1.29 is 36.2 Å². The van der Waals surface area contributed by atoms with E-state index in [2.05, 4.69) is 0 Å². The monoisotopic (exact) mass is 451 g/mol. The second-order valence-electron chi connectivity index (χ2n) is 7.58. The van der Waals surface area contributed by atoms with Crippen molar-refractivity contribution in [2.45, 2.75) is 76.6 Å². The summed E-state index contributed by atoms with van der Waals surface area (Å²) in [6.45, 7) is 3.14. The number of carboxylic acid groups (broad SMARTS) is 1. The van der Waals surface area contributed by atoms with Crippen LogP contribution in [0.25, 0.3) is 0 Å². The van der Waals surface area contributed by atoms with E-state index in [4.69, 9.17) is 0 Å². The third-order valence-electron chi connectivity index (χ3n) is 5.61. The highest BCUT2D eigenvalue weighted by Crippen LogP contribution is 2.37. The van der Waals surface area contributed by atoms with Crippen LogP contribution in [0, 0.1) is 11.5 Å². The van der Waals surface area contributed by atoms with Gasteiger partial charge in [-0.05, 0) is 49.4 Å². The molecule has 1 heterocycles. The number of alkyl halides is 6. The Morgan fingerprint density at radius 2 is 1.52 bits per heavy atom. The minimum absolute atomic E-state index is 0.0474. The number of rotatable bonds is 5. The fourth-order valence-electron chi connectivity index (χ4n) is 4.10. The molecule has 172 valence electrons. The van der Waals surface area contributed by atoms with Crippen molar-refractivity contribution in [1.29, 1.82) is 5.26 Å². The Hall–Kier alpha value is -2.64. The molecular formula is C20H23F6N3O2. The van der Waals surface area contributed by atoms with Gasteiger partial charge in [-0.15, -0.1) is 0 Å². The number of nitrogens with zero attached hydrogens (tertiary/aromatic N) is 3. The van der Waals surface area contributed by atoms with E-state index in [1.165, 1.54) is 4.90 Å². The number of benzene rings is 1. The summed E-state index contributed by atoms with van der Waals surface area (Å²) < 4.78 is 78.7. The summed E-state index contributed by atoms with van der Waals surface area (Å²) in [5.74, 6) is 0. The van der Waals surface area contributed by atoms with Crippen LogP contribution in [0.15, 0.2) is 18.2 Å². The van der Waals surface area contributed by atoms with Gasteiger partial charge in [0, 0.05) is 18.1 Å². The number of carbonyl (C=O) groups is 1. The summed E-state index contributed by atoms with van der Waals surface area (Å²) in [6, 6.07) is -0.0274. The molecular weight excluding hydrogens is 428 g/mol. The van der Waals surface area contributed by atoms with E-state index in [1.807, 2.05) is 6.19 Å². The zero-order valence-corrected chi connectivity index (χ0v) is 17.0. The van der Waals surface area contributed by atoms with Crippen LogP contribution in [0.4, 0.5) is 31.1 Å². The van der Waals surface area contributed by atoms with Crippen molar-refractivity contribution in [1.82, 2.24) is 9.80 Å². The molecule has 0 aliphatic carbocycles. The Morgan fingerprint density at radius 3 is 1.84 bits per heavy atom. The number of hydrogen-bond acceptors (Lipinski definition) is 3. The molecule has 1 aromatic rings. The lowest BCUT2D eigenvalue weighted by Crippen LogP contribution is -2.55. The highest BCUT2D eigenvalue weighted by Gasteiger charge is 2.40. The van der Waals surface area contributed by atoms with Crippen LogP contribution in [0.1, 0.15) is 56.2 Å². The first-order valence-corrected chi connectivity index (χ1v) is 9.77. The van der Waals surface area contributed by atoms with E-state index in [0.717, 1.165) is 4.90 Å². The second kappa shape index (κ2) is 9.24. The van der Waals surface area contributed by atoms with Gasteiger partial charge < -0.3 is 14.9 Å². The largest absolute Gasteiger partial charge is 0.465 e. The molecule has 1 saturated heterocycles. The SMILES string of the molecule is CCC1CC(N(C#N)Cc2cc(C(F)(F)F)cc(C(F)(F)F)c2)CC(CC)N1C(=O)O. The summed E-state index contributed by atoms with van der Waals surface area (Å²) in [7, 11) is 0.